The summed E-state index contributed by atoms with van der Waals surface area (Å²) < 4.78 is 1.72. The molecule has 0 saturated carbocycles. The molecule has 0 amide bonds. The number of piperidine rings is 1. The third-order valence-corrected chi connectivity index (χ3v) is 3.94. The molecule has 3 N–H and O–H groups in total. The first-order valence-corrected chi connectivity index (χ1v) is 7.81. The summed E-state index contributed by atoms with van der Waals surface area (Å²) in [4.78, 5) is 8.63. The molecule has 3 heterocycles. The van der Waals surface area contributed by atoms with Crippen molar-refractivity contribution in [1.29, 1.82) is 0 Å². The van der Waals surface area contributed by atoms with Gasteiger partial charge in [0.25, 0.3) is 0 Å². The van der Waals surface area contributed by atoms with Gasteiger partial charge < -0.3 is 16.0 Å². The van der Waals surface area contributed by atoms with E-state index in [1.807, 2.05) is 13.2 Å². The first-order valence-electron chi connectivity index (χ1n) is 7.43. The molecule has 2 aromatic heterocycles. The van der Waals surface area contributed by atoms with E-state index < -0.39 is 0 Å². The lowest BCUT2D eigenvalue weighted by atomic mass is 10.00. The van der Waals surface area contributed by atoms with Crippen molar-refractivity contribution in [1.82, 2.24) is 25.1 Å². The van der Waals surface area contributed by atoms with Crippen LogP contribution in [0.5, 0.6) is 0 Å². The summed E-state index contributed by atoms with van der Waals surface area (Å²) in [6.07, 6.45) is 7.63. The van der Waals surface area contributed by atoms with Crippen LogP contribution in [0.4, 0.5) is 17.5 Å². The van der Waals surface area contributed by atoms with Gasteiger partial charge in [-0.05, 0) is 31.8 Å². The number of hydrogen-bond donors (Lipinski definition) is 3. The lowest BCUT2D eigenvalue weighted by Gasteiger charge is -2.23. The molecule has 0 aromatic carbocycles. The van der Waals surface area contributed by atoms with E-state index in [0.717, 1.165) is 25.3 Å². The molecule has 1 aliphatic heterocycles. The van der Waals surface area contributed by atoms with Gasteiger partial charge in [0, 0.05) is 19.8 Å². The number of anilines is 3. The largest absolute Gasteiger partial charge is 0.368 e. The lowest BCUT2D eigenvalue weighted by Crippen LogP contribution is -2.33. The maximum Gasteiger partial charge on any atom is 0.229 e. The highest BCUT2D eigenvalue weighted by Gasteiger charge is 2.14. The molecular weight excluding hydrogens is 302 g/mol. The molecule has 0 radical (unpaired) electrons. The second-order valence-electron chi connectivity index (χ2n) is 5.51. The minimum Gasteiger partial charge on any atom is -0.368 e. The van der Waals surface area contributed by atoms with E-state index in [2.05, 4.69) is 31.0 Å². The zero-order valence-corrected chi connectivity index (χ0v) is 13.3. The molecule has 2 aromatic rings. The van der Waals surface area contributed by atoms with Gasteiger partial charge in [0.2, 0.25) is 5.95 Å². The Labute approximate surface area is 134 Å². The SMILES string of the molecule is Cn1cc(Nc2ncc(Cl)c(NC[C@@H]3CCCNC3)n2)cn1. The molecule has 1 atom stereocenters. The molecular formula is C14H20ClN7. The van der Waals surface area contributed by atoms with Crippen molar-refractivity contribution in [2.75, 3.05) is 30.3 Å². The molecule has 0 unspecified atom stereocenters. The molecule has 22 heavy (non-hydrogen) atoms. The van der Waals surface area contributed by atoms with Gasteiger partial charge in [-0.1, -0.05) is 11.6 Å². The topological polar surface area (TPSA) is 79.7 Å². The maximum atomic E-state index is 6.17. The fourth-order valence-corrected chi connectivity index (χ4v) is 2.66. The Morgan fingerprint density at radius 2 is 2.36 bits per heavy atom. The summed E-state index contributed by atoms with van der Waals surface area (Å²) in [6.45, 7) is 3.01. The van der Waals surface area contributed by atoms with Crippen LogP contribution in [-0.2, 0) is 7.05 Å². The molecule has 1 fully saturated rings. The standard InChI is InChI=1S/C14H20ClN7/c1-22-9-11(7-19-22)20-14-18-8-12(15)13(21-14)17-6-10-3-2-4-16-5-10/h7-10,16H,2-6H2,1H3,(H2,17,18,20,21)/t10-/m1/s1. The van der Waals surface area contributed by atoms with Gasteiger partial charge in [-0.2, -0.15) is 10.1 Å². The number of rotatable bonds is 5. The van der Waals surface area contributed by atoms with Crippen molar-refractivity contribution >= 4 is 29.1 Å². The molecule has 1 aliphatic rings. The van der Waals surface area contributed by atoms with E-state index >= 15 is 0 Å². The van der Waals surface area contributed by atoms with Crippen LogP contribution in [0.3, 0.4) is 0 Å². The van der Waals surface area contributed by atoms with Gasteiger partial charge in [0.1, 0.15) is 5.02 Å². The number of aromatic nitrogens is 4. The summed E-state index contributed by atoms with van der Waals surface area (Å²) in [6, 6.07) is 0. The molecule has 1 saturated heterocycles. The summed E-state index contributed by atoms with van der Waals surface area (Å²) in [7, 11) is 1.86. The van der Waals surface area contributed by atoms with Gasteiger partial charge in [-0.3, -0.25) is 4.68 Å². The summed E-state index contributed by atoms with van der Waals surface area (Å²) in [5, 5.41) is 14.5. The smallest absolute Gasteiger partial charge is 0.229 e. The summed E-state index contributed by atoms with van der Waals surface area (Å²) in [5.41, 5.74) is 0.840. The van der Waals surface area contributed by atoms with Gasteiger partial charge >= 0.3 is 0 Å². The van der Waals surface area contributed by atoms with Crippen LogP contribution in [0.25, 0.3) is 0 Å². The minimum atomic E-state index is 0.502. The zero-order valence-electron chi connectivity index (χ0n) is 12.5. The van der Waals surface area contributed by atoms with E-state index in [0.29, 0.717) is 22.7 Å². The van der Waals surface area contributed by atoms with Crippen molar-refractivity contribution in [3.63, 3.8) is 0 Å². The number of nitrogens with one attached hydrogen (secondary N) is 3. The Kier molecular flexibility index (Phi) is 4.74. The fourth-order valence-electron chi connectivity index (χ4n) is 2.51. The Morgan fingerprint density at radius 3 is 3.09 bits per heavy atom. The highest BCUT2D eigenvalue weighted by atomic mass is 35.5. The monoisotopic (exact) mass is 321 g/mol. The van der Waals surface area contributed by atoms with E-state index in [1.165, 1.54) is 12.8 Å². The normalized spacial score (nSPS) is 18.2. The number of aryl methyl sites for hydroxylation is 1. The molecule has 3 rings (SSSR count). The number of halogens is 1. The molecule has 7 nitrogen and oxygen atoms in total. The van der Waals surface area contributed by atoms with Crippen molar-refractivity contribution in [2.24, 2.45) is 13.0 Å². The third kappa shape index (κ3) is 3.86. The predicted molar refractivity (Wildman–Crippen MR) is 87.6 cm³/mol. The molecule has 8 heteroatoms. The van der Waals surface area contributed by atoms with Crippen molar-refractivity contribution in [3.8, 4) is 0 Å². The van der Waals surface area contributed by atoms with Gasteiger partial charge in [-0.25, -0.2) is 4.98 Å². The Hall–Kier alpha value is -1.86. The van der Waals surface area contributed by atoms with Gasteiger partial charge in [0.15, 0.2) is 5.82 Å². The fraction of sp³-hybridized carbons (Fsp3) is 0.500. The Bertz CT molecular complexity index is 621. The van der Waals surface area contributed by atoms with E-state index in [1.54, 1.807) is 17.1 Å². The van der Waals surface area contributed by atoms with E-state index in [-0.39, 0.29) is 0 Å². The van der Waals surface area contributed by atoms with Crippen molar-refractivity contribution in [3.05, 3.63) is 23.6 Å². The van der Waals surface area contributed by atoms with Crippen LogP contribution in [0.1, 0.15) is 12.8 Å². The number of hydrogen-bond acceptors (Lipinski definition) is 6. The van der Waals surface area contributed by atoms with E-state index in [9.17, 15) is 0 Å². The van der Waals surface area contributed by atoms with Crippen LogP contribution in [0.2, 0.25) is 5.02 Å². The average Bonchev–Trinajstić information content (AvgIpc) is 2.94. The van der Waals surface area contributed by atoms with E-state index in [4.69, 9.17) is 11.6 Å². The summed E-state index contributed by atoms with van der Waals surface area (Å²) >= 11 is 6.17. The molecule has 118 valence electrons. The maximum absolute atomic E-state index is 6.17. The predicted octanol–water partition coefficient (Wildman–Crippen LogP) is 2.02. The molecule has 0 spiro atoms. The number of nitrogens with zero attached hydrogens (tertiary/aromatic N) is 4. The van der Waals surface area contributed by atoms with Crippen LogP contribution in [-0.4, -0.2) is 39.4 Å². The highest BCUT2D eigenvalue weighted by molar-refractivity contribution is 6.32. The van der Waals surface area contributed by atoms with Crippen LogP contribution in [0, 0.1) is 5.92 Å². The van der Waals surface area contributed by atoms with Gasteiger partial charge in [0.05, 0.1) is 18.1 Å². The quantitative estimate of drug-likeness (QED) is 0.782. The first kappa shape index (κ1) is 15.1. The van der Waals surface area contributed by atoms with Crippen LogP contribution in [0.15, 0.2) is 18.6 Å². The third-order valence-electron chi connectivity index (χ3n) is 3.66. The Balaban J connectivity index is 1.64. The van der Waals surface area contributed by atoms with Crippen molar-refractivity contribution < 1.29 is 0 Å². The molecule has 0 aliphatic carbocycles. The summed E-state index contributed by atoms with van der Waals surface area (Å²) in [5.74, 6) is 1.77. The lowest BCUT2D eigenvalue weighted by molar-refractivity contribution is 0.392. The first-order chi connectivity index (χ1) is 10.7. The second kappa shape index (κ2) is 6.93. The van der Waals surface area contributed by atoms with Crippen LogP contribution >= 0.6 is 11.6 Å². The highest BCUT2D eigenvalue weighted by Crippen LogP contribution is 2.22. The average molecular weight is 322 g/mol. The molecule has 0 bridgehead atoms. The minimum absolute atomic E-state index is 0.502. The zero-order chi connectivity index (χ0) is 15.4. The second-order valence-corrected chi connectivity index (χ2v) is 5.92. The Morgan fingerprint density at radius 1 is 1.45 bits per heavy atom. The van der Waals surface area contributed by atoms with Crippen LogP contribution < -0.4 is 16.0 Å². The van der Waals surface area contributed by atoms with Crippen molar-refractivity contribution in [2.45, 2.75) is 12.8 Å². The van der Waals surface area contributed by atoms with Gasteiger partial charge in [-0.15, -0.1) is 0 Å².